The summed E-state index contributed by atoms with van der Waals surface area (Å²) in [6.07, 6.45) is -4.41. The van der Waals surface area contributed by atoms with E-state index < -0.39 is 17.6 Å². The average molecular weight is 286 g/mol. The number of carbonyl (C=O) groups excluding carboxylic acids is 1. The van der Waals surface area contributed by atoms with Gasteiger partial charge >= 0.3 is 6.18 Å². The summed E-state index contributed by atoms with van der Waals surface area (Å²) in [4.78, 5) is 11.7. The first kappa shape index (κ1) is 13.4. The van der Waals surface area contributed by atoms with Gasteiger partial charge in [0.15, 0.2) is 0 Å². The van der Waals surface area contributed by atoms with E-state index in [9.17, 15) is 18.0 Å². The van der Waals surface area contributed by atoms with Crippen LogP contribution in [0.1, 0.15) is 15.2 Å². The molecule has 3 nitrogen and oxygen atoms in total. The molecule has 1 aromatic heterocycles. The van der Waals surface area contributed by atoms with Gasteiger partial charge in [-0.2, -0.15) is 13.2 Å². The number of nitrogen functional groups attached to an aromatic ring is 1. The third-order valence-corrected chi connectivity index (χ3v) is 3.67. The highest BCUT2D eigenvalue weighted by Crippen LogP contribution is 2.36. The monoisotopic (exact) mass is 286 g/mol. The lowest BCUT2D eigenvalue weighted by Crippen LogP contribution is -2.10. The number of nitrogens with two attached hydrogens (primary N) is 2. The van der Waals surface area contributed by atoms with E-state index in [0.717, 1.165) is 23.5 Å². The highest BCUT2D eigenvalue weighted by Gasteiger charge is 2.30. The van der Waals surface area contributed by atoms with Crippen molar-refractivity contribution in [1.82, 2.24) is 0 Å². The van der Waals surface area contributed by atoms with E-state index in [1.165, 1.54) is 18.2 Å². The normalized spacial score (nSPS) is 11.5. The number of hydrogen-bond donors (Lipinski definition) is 2. The number of thiophene rings is 1. The van der Waals surface area contributed by atoms with Crippen molar-refractivity contribution in [1.29, 1.82) is 0 Å². The number of anilines is 1. The number of primary amides is 1. The van der Waals surface area contributed by atoms with E-state index in [1.54, 1.807) is 0 Å². The largest absolute Gasteiger partial charge is 0.416 e. The highest BCUT2D eigenvalue weighted by atomic mass is 32.1. The maximum Gasteiger partial charge on any atom is 0.416 e. The summed E-state index contributed by atoms with van der Waals surface area (Å²) < 4.78 is 37.8. The molecular formula is C12H9F3N2OS. The fourth-order valence-corrected chi connectivity index (χ4v) is 2.52. The molecular weight excluding hydrogens is 277 g/mol. The molecule has 1 aromatic carbocycles. The number of hydrogen-bond acceptors (Lipinski definition) is 3. The predicted molar refractivity (Wildman–Crippen MR) is 67.7 cm³/mol. The van der Waals surface area contributed by atoms with Crippen LogP contribution in [0.25, 0.3) is 10.4 Å². The summed E-state index contributed by atoms with van der Waals surface area (Å²) in [5.41, 5.74) is 10.5. The van der Waals surface area contributed by atoms with E-state index >= 15 is 0 Å². The van der Waals surface area contributed by atoms with E-state index in [0.29, 0.717) is 10.4 Å². The van der Waals surface area contributed by atoms with Crippen molar-refractivity contribution in [3.05, 3.63) is 40.8 Å². The summed E-state index contributed by atoms with van der Waals surface area (Å²) in [7, 11) is 0. The molecule has 0 aliphatic carbocycles. The first-order valence-electron chi connectivity index (χ1n) is 5.16. The quantitative estimate of drug-likeness (QED) is 0.890. The SMILES string of the molecule is NC(=O)c1sc(-c2cccc(C(F)(F)F)c2)cc1N. The van der Waals surface area contributed by atoms with E-state index in [1.807, 2.05) is 0 Å². The molecule has 19 heavy (non-hydrogen) atoms. The third kappa shape index (κ3) is 2.70. The van der Waals surface area contributed by atoms with Crippen LogP contribution in [0, 0.1) is 0 Å². The average Bonchev–Trinajstić information content (AvgIpc) is 2.70. The fourth-order valence-electron chi connectivity index (χ4n) is 1.59. The minimum absolute atomic E-state index is 0.146. The molecule has 0 spiro atoms. The van der Waals surface area contributed by atoms with Crippen molar-refractivity contribution in [3.63, 3.8) is 0 Å². The number of rotatable bonds is 2. The molecule has 100 valence electrons. The Hall–Kier alpha value is -2.02. The van der Waals surface area contributed by atoms with Gasteiger partial charge in [-0.25, -0.2) is 0 Å². The van der Waals surface area contributed by atoms with Crippen molar-refractivity contribution < 1.29 is 18.0 Å². The number of halogens is 3. The van der Waals surface area contributed by atoms with Gasteiger partial charge in [0, 0.05) is 4.88 Å². The molecule has 0 bridgehead atoms. The first-order valence-corrected chi connectivity index (χ1v) is 5.97. The second kappa shape index (κ2) is 4.58. The predicted octanol–water partition coefficient (Wildman–Crippen LogP) is 3.12. The molecule has 7 heteroatoms. The van der Waals surface area contributed by atoms with Crippen LogP contribution >= 0.6 is 11.3 Å². The van der Waals surface area contributed by atoms with Gasteiger partial charge in [-0.05, 0) is 23.8 Å². The van der Waals surface area contributed by atoms with Crippen molar-refractivity contribution in [2.24, 2.45) is 5.73 Å². The zero-order chi connectivity index (χ0) is 14.2. The van der Waals surface area contributed by atoms with Crippen LogP contribution in [0.4, 0.5) is 18.9 Å². The lowest BCUT2D eigenvalue weighted by atomic mass is 10.1. The van der Waals surface area contributed by atoms with Crippen LogP contribution < -0.4 is 11.5 Å². The van der Waals surface area contributed by atoms with E-state index in [4.69, 9.17) is 11.5 Å². The minimum Gasteiger partial charge on any atom is -0.397 e. The number of carbonyl (C=O) groups is 1. The molecule has 4 N–H and O–H groups in total. The molecule has 0 saturated heterocycles. The van der Waals surface area contributed by atoms with Crippen LogP contribution in [0.3, 0.4) is 0 Å². The van der Waals surface area contributed by atoms with Crippen LogP contribution in [0.2, 0.25) is 0 Å². The maximum atomic E-state index is 12.6. The Bertz CT molecular complexity index is 634. The van der Waals surface area contributed by atoms with E-state index in [-0.39, 0.29) is 10.6 Å². The molecule has 0 aliphatic rings. The topological polar surface area (TPSA) is 69.1 Å². The first-order chi connectivity index (χ1) is 8.79. The Morgan fingerprint density at radius 1 is 1.21 bits per heavy atom. The Labute approximate surface area is 110 Å². The summed E-state index contributed by atoms with van der Waals surface area (Å²) in [6, 6.07) is 6.26. The molecule has 1 amide bonds. The smallest absolute Gasteiger partial charge is 0.397 e. The number of alkyl halides is 3. The van der Waals surface area contributed by atoms with Gasteiger partial charge < -0.3 is 11.5 Å². The zero-order valence-corrected chi connectivity index (χ0v) is 10.3. The van der Waals surface area contributed by atoms with E-state index in [2.05, 4.69) is 0 Å². The fraction of sp³-hybridized carbons (Fsp3) is 0.0833. The zero-order valence-electron chi connectivity index (χ0n) is 9.49. The second-order valence-electron chi connectivity index (χ2n) is 3.84. The van der Waals surface area contributed by atoms with Gasteiger partial charge in [-0.15, -0.1) is 11.3 Å². The summed E-state index contributed by atoms with van der Waals surface area (Å²) in [5, 5.41) is 0. The summed E-state index contributed by atoms with van der Waals surface area (Å²) >= 11 is 0.973. The van der Waals surface area contributed by atoms with Gasteiger partial charge in [0.25, 0.3) is 5.91 Å². The van der Waals surface area contributed by atoms with Gasteiger partial charge in [-0.1, -0.05) is 12.1 Å². The molecule has 0 unspecified atom stereocenters. The Morgan fingerprint density at radius 2 is 1.89 bits per heavy atom. The van der Waals surface area contributed by atoms with Gasteiger partial charge in [0.1, 0.15) is 4.88 Å². The number of benzene rings is 1. The van der Waals surface area contributed by atoms with Crippen molar-refractivity contribution in [3.8, 4) is 10.4 Å². The Morgan fingerprint density at radius 3 is 2.42 bits per heavy atom. The number of amides is 1. The highest BCUT2D eigenvalue weighted by molar-refractivity contribution is 7.18. The Kier molecular flexibility index (Phi) is 3.23. The lowest BCUT2D eigenvalue weighted by Gasteiger charge is -2.07. The lowest BCUT2D eigenvalue weighted by molar-refractivity contribution is -0.137. The summed E-state index contributed by atoms with van der Waals surface area (Å²) in [6.45, 7) is 0. The summed E-state index contributed by atoms with van der Waals surface area (Å²) in [5.74, 6) is -0.694. The molecule has 0 fully saturated rings. The van der Waals surface area contributed by atoms with Crippen molar-refractivity contribution in [2.45, 2.75) is 6.18 Å². The van der Waals surface area contributed by atoms with Crippen LogP contribution in [0.5, 0.6) is 0 Å². The van der Waals surface area contributed by atoms with Crippen LogP contribution in [-0.4, -0.2) is 5.91 Å². The Balaban J connectivity index is 2.48. The van der Waals surface area contributed by atoms with Crippen LogP contribution in [0.15, 0.2) is 30.3 Å². The molecule has 0 aliphatic heterocycles. The van der Waals surface area contributed by atoms with Crippen molar-refractivity contribution >= 4 is 22.9 Å². The molecule has 0 radical (unpaired) electrons. The standard InChI is InChI=1S/C12H9F3N2OS/c13-12(14,15)7-3-1-2-6(4-7)9-5-8(16)10(19-9)11(17)18/h1-5H,16H2,(H2,17,18). The maximum absolute atomic E-state index is 12.6. The van der Waals surface area contributed by atoms with Gasteiger partial charge in [-0.3, -0.25) is 4.79 Å². The van der Waals surface area contributed by atoms with Gasteiger partial charge in [0.05, 0.1) is 11.3 Å². The second-order valence-corrected chi connectivity index (χ2v) is 4.89. The van der Waals surface area contributed by atoms with Crippen LogP contribution in [-0.2, 0) is 6.18 Å². The minimum atomic E-state index is -4.41. The van der Waals surface area contributed by atoms with Crippen molar-refractivity contribution in [2.75, 3.05) is 5.73 Å². The molecule has 2 aromatic rings. The molecule has 0 atom stereocenters. The van der Waals surface area contributed by atoms with Gasteiger partial charge in [0.2, 0.25) is 0 Å². The third-order valence-electron chi connectivity index (χ3n) is 2.46. The molecule has 2 rings (SSSR count). The molecule has 1 heterocycles. The molecule has 0 saturated carbocycles.